The van der Waals surface area contributed by atoms with Crippen LogP contribution in [0.3, 0.4) is 0 Å². The molecule has 4 unspecified atom stereocenters. The Morgan fingerprint density at radius 3 is 2.40 bits per heavy atom. The van der Waals surface area contributed by atoms with E-state index in [1.165, 1.54) is 38.8 Å². The van der Waals surface area contributed by atoms with Crippen molar-refractivity contribution >= 4 is 5.91 Å². The van der Waals surface area contributed by atoms with Gasteiger partial charge in [-0.05, 0) is 74.1 Å². The summed E-state index contributed by atoms with van der Waals surface area (Å²) in [4.78, 5) is 21.7. The Balaban J connectivity index is 1.13. The van der Waals surface area contributed by atoms with Gasteiger partial charge >= 0.3 is 0 Å². The Hall–Kier alpha value is -3.14. The zero-order chi connectivity index (χ0) is 28.7. The monoisotopic (exact) mass is 570 g/mol. The van der Waals surface area contributed by atoms with Gasteiger partial charge in [0.15, 0.2) is 6.29 Å². The molecule has 4 heterocycles. The summed E-state index contributed by atoms with van der Waals surface area (Å²) >= 11 is 0. The first kappa shape index (κ1) is 29.0. The molecule has 3 saturated heterocycles. The van der Waals surface area contributed by atoms with Crippen molar-refractivity contribution in [3.63, 3.8) is 0 Å². The van der Waals surface area contributed by atoms with Crippen molar-refractivity contribution in [2.75, 3.05) is 32.7 Å². The third-order valence-corrected chi connectivity index (χ3v) is 8.85. The van der Waals surface area contributed by atoms with Gasteiger partial charge in [0.1, 0.15) is 0 Å². The molecule has 3 aromatic rings. The van der Waals surface area contributed by atoms with Gasteiger partial charge in [-0.1, -0.05) is 48.5 Å². The van der Waals surface area contributed by atoms with Crippen LogP contribution >= 0.6 is 0 Å². The van der Waals surface area contributed by atoms with E-state index in [4.69, 9.17) is 9.47 Å². The van der Waals surface area contributed by atoms with E-state index < -0.39 is 6.29 Å². The minimum atomic E-state index is -0.482. The molecule has 0 saturated carbocycles. The number of carbonyl (C=O) groups is 1. The van der Waals surface area contributed by atoms with Crippen LogP contribution in [0.4, 0.5) is 0 Å². The lowest BCUT2D eigenvalue weighted by Gasteiger charge is -2.39. The summed E-state index contributed by atoms with van der Waals surface area (Å²) in [5.74, 6) is -0.144. The Labute approximate surface area is 248 Å². The first-order chi connectivity index (χ1) is 20.6. The Kier molecular flexibility index (Phi) is 9.57. The number of aliphatic hydroxyl groups excluding tert-OH is 1. The molecule has 3 aliphatic heterocycles. The van der Waals surface area contributed by atoms with E-state index in [2.05, 4.69) is 32.2 Å². The average Bonchev–Trinajstić information content (AvgIpc) is 3.73. The van der Waals surface area contributed by atoms with Crippen LogP contribution < -0.4 is 5.32 Å². The van der Waals surface area contributed by atoms with Crippen LogP contribution in [0, 0.1) is 0 Å². The minimum absolute atomic E-state index is 0.0303. The molecule has 42 heavy (non-hydrogen) atoms. The first-order valence-electron chi connectivity index (χ1n) is 15.4. The average molecular weight is 571 g/mol. The zero-order valence-electron chi connectivity index (χ0n) is 24.2. The van der Waals surface area contributed by atoms with Crippen LogP contribution in [-0.2, 0) is 22.6 Å². The molecule has 1 aromatic heterocycles. The summed E-state index contributed by atoms with van der Waals surface area (Å²) in [7, 11) is 0. The van der Waals surface area contributed by atoms with E-state index in [1.807, 2.05) is 36.4 Å². The number of nitrogens with zero attached hydrogens (tertiary/aromatic N) is 3. The molecule has 1 amide bonds. The maximum absolute atomic E-state index is 12.4. The predicted octanol–water partition coefficient (Wildman–Crippen LogP) is 4.61. The molecule has 8 heteroatoms. The summed E-state index contributed by atoms with van der Waals surface area (Å²) in [6.45, 7) is 6.11. The number of amides is 1. The molecule has 0 aliphatic carbocycles. The van der Waals surface area contributed by atoms with Crippen molar-refractivity contribution in [1.29, 1.82) is 0 Å². The normalized spacial score (nSPS) is 25.1. The fourth-order valence-electron chi connectivity index (χ4n) is 6.47. The van der Waals surface area contributed by atoms with Crippen LogP contribution in [0.5, 0.6) is 0 Å². The van der Waals surface area contributed by atoms with Crippen LogP contribution in [0.2, 0.25) is 0 Å². The highest BCUT2D eigenvalue weighted by Crippen LogP contribution is 2.39. The maximum Gasteiger partial charge on any atom is 0.253 e. The summed E-state index contributed by atoms with van der Waals surface area (Å²) in [6, 6.07) is 20.3. The minimum Gasteiger partial charge on any atom is -0.392 e. The molecule has 2 N–H and O–H groups in total. The Morgan fingerprint density at radius 1 is 0.905 bits per heavy atom. The lowest BCUT2D eigenvalue weighted by molar-refractivity contribution is -0.253. The summed E-state index contributed by atoms with van der Waals surface area (Å²) in [5.41, 5.74) is 4.51. The molecule has 3 aliphatic rings. The van der Waals surface area contributed by atoms with Gasteiger partial charge in [0.25, 0.3) is 5.91 Å². The van der Waals surface area contributed by atoms with Crippen LogP contribution in [0.15, 0.2) is 73.1 Å². The van der Waals surface area contributed by atoms with Gasteiger partial charge in [-0.15, -0.1) is 0 Å². The van der Waals surface area contributed by atoms with Crippen molar-refractivity contribution in [2.45, 2.75) is 69.8 Å². The van der Waals surface area contributed by atoms with Crippen molar-refractivity contribution < 1.29 is 19.4 Å². The number of aliphatic hydroxyl groups is 1. The molecule has 3 fully saturated rings. The second kappa shape index (κ2) is 13.9. The van der Waals surface area contributed by atoms with Gasteiger partial charge in [0.2, 0.25) is 0 Å². The second-order valence-corrected chi connectivity index (χ2v) is 11.8. The van der Waals surface area contributed by atoms with Gasteiger partial charge in [-0.25, -0.2) is 0 Å². The van der Waals surface area contributed by atoms with Crippen molar-refractivity contribution in [2.24, 2.45) is 0 Å². The highest BCUT2D eigenvalue weighted by Gasteiger charge is 2.36. The number of likely N-dealkylation sites (tertiary alicyclic amines) is 2. The number of rotatable bonds is 10. The van der Waals surface area contributed by atoms with Crippen LogP contribution in [0.25, 0.3) is 0 Å². The molecule has 8 nitrogen and oxygen atoms in total. The molecular weight excluding hydrogens is 528 g/mol. The van der Waals surface area contributed by atoms with E-state index in [1.54, 1.807) is 24.5 Å². The maximum atomic E-state index is 12.4. The summed E-state index contributed by atoms with van der Waals surface area (Å²) in [5, 5.41) is 12.5. The van der Waals surface area contributed by atoms with Gasteiger partial charge in [0, 0.05) is 50.1 Å². The van der Waals surface area contributed by atoms with Crippen LogP contribution in [0.1, 0.15) is 77.1 Å². The number of hydrogen-bond donors (Lipinski definition) is 2. The van der Waals surface area contributed by atoms with E-state index in [0.29, 0.717) is 18.2 Å². The Morgan fingerprint density at radius 2 is 1.67 bits per heavy atom. The number of ether oxygens (including phenoxy) is 2. The van der Waals surface area contributed by atoms with E-state index >= 15 is 0 Å². The fraction of sp³-hybridized carbons (Fsp3) is 0.471. The van der Waals surface area contributed by atoms with Gasteiger partial charge in [0.05, 0.1) is 24.4 Å². The first-order valence-corrected chi connectivity index (χ1v) is 15.4. The molecular formula is C34H42N4O4. The van der Waals surface area contributed by atoms with Crippen molar-refractivity contribution in [3.05, 3.63) is 101 Å². The number of benzene rings is 2. The molecule has 4 atom stereocenters. The molecule has 222 valence electrons. The molecule has 2 aromatic carbocycles. The zero-order valence-corrected chi connectivity index (χ0v) is 24.2. The lowest BCUT2D eigenvalue weighted by atomic mass is 9.99. The number of nitrogens with one attached hydrogen (secondary N) is 1. The molecule has 0 spiro atoms. The van der Waals surface area contributed by atoms with Gasteiger partial charge in [-0.2, -0.15) is 0 Å². The Bertz CT molecular complexity index is 1280. The van der Waals surface area contributed by atoms with E-state index in [9.17, 15) is 9.90 Å². The van der Waals surface area contributed by atoms with E-state index in [-0.39, 0.29) is 24.7 Å². The molecule has 0 bridgehead atoms. The SMILES string of the molecule is O=C(NCc1ccc(C2OC(CN3CCCC3CN3CCCC3)CC(c3ccc(CO)cc3)O2)cc1)c1cccnc1. The number of pyridine rings is 1. The van der Waals surface area contributed by atoms with Crippen molar-refractivity contribution in [3.8, 4) is 0 Å². The van der Waals surface area contributed by atoms with Gasteiger partial charge in [-0.3, -0.25) is 14.7 Å². The molecule has 6 rings (SSSR count). The standard InChI is InChI=1S/C34H42N4O4/c39-24-26-9-11-27(12-10-26)32-19-31(23-38-18-4-6-30(38)22-37-16-1-2-17-37)41-34(42-32)28-13-7-25(8-14-28)20-36-33(40)29-5-3-15-35-21-29/h3,5,7-15,21,30-32,34,39H,1-2,4,6,16-20,22-24H2,(H,36,40). The molecule has 0 radical (unpaired) electrons. The number of hydrogen-bond acceptors (Lipinski definition) is 7. The lowest BCUT2D eigenvalue weighted by Crippen LogP contribution is -2.45. The van der Waals surface area contributed by atoms with Crippen LogP contribution in [-0.4, -0.2) is 70.7 Å². The topological polar surface area (TPSA) is 87.2 Å². The van der Waals surface area contributed by atoms with E-state index in [0.717, 1.165) is 48.3 Å². The smallest absolute Gasteiger partial charge is 0.253 e. The number of carbonyl (C=O) groups excluding carboxylic acids is 1. The largest absolute Gasteiger partial charge is 0.392 e. The highest BCUT2D eigenvalue weighted by molar-refractivity contribution is 5.93. The summed E-state index contributed by atoms with van der Waals surface area (Å²) in [6.07, 6.45) is 8.63. The fourth-order valence-corrected chi connectivity index (χ4v) is 6.47. The second-order valence-electron chi connectivity index (χ2n) is 11.8. The summed E-state index contributed by atoms with van der Waals surface area (Å²) < 4.78 is 13.2. The quantitative estimate of drug-likeness (QED) is 0.368. The highest BCUT2D eigenvalue weighted by atomic mass is 16.7. The number of aromatic nitrogens is 1. The third-order valence-electron chi connectivity index (χ3n) is 8.85. The van der Waals surface area contributed by atoms with Gasteiger partial charge < -0.3 is 24.8 Å². The third kappa shape index (κ3) is 7.25. The predicted molar refractivity (Wildman–Crippen MR) is 161 cm³/mol. The van der Waals surface area contributed by atoms with Crippen molar-refractivity contribution in [1.82, 2.24) is 20.1 Å².